The predicted molar refractivity (Wildman–Crippen MR) is 194 cm³/mol. The summed E-state index contributed by atoms with van der Waals surface area (Å²) in [7, 11) is -5.02. The predicted octanol–water partition coefficient (Wildman–Crippen LogP) is 3.19. The number of aliphatic hydroxyl groups excluding tert-OH is 3. The average Bonchev–Trinajstić information content (AvgIpc) is 3.15. The van der Waals surface area contributed by atoms with E-state index in [2.05, 4.69) is 14.8 Å². The second kappa shape index (κ2) is 17.5. The van der Waals surface area contributed by atoms with E-state index >= 15 is 0 Å². The van der Waals surface area contributed by atoms with E-state index in [0.717, 1.165) is 24.9 Å². The lowest BCUT2D eigenvalue weighted by Crippen LogP contribution is -2.64. The van der Waals surface area contributed by atoms with Gasteiger partial charge in [-0.15, -0.1) is 0 Å². The van der Waals surface area contributed by atoms with E-state index in [1.165, 1.54) is 0 Å². The maximum Gasteiger partial charge on any atom is 0.397 e. The van der Waals surface area contributed by atoms with Gasteiger partial charge in [0, 0.05) is 43.4 Å². The minimum atomic E-state index is -4.89. The number of sulfone groups is 1. The van der Waals surface area contributed by atoms with Gasteiger partial charge in [-0.2, -0.15) is 8.42 Å². The van der Waals surface area contributed by atoms with E-state index < -0.39 is 81.0 Å². The lowest BCUT2D eigenvalue weighted by Gasteiger charge is -2.42. The van der Waals surface area contributed by atoms with Crippen LogP contribution in [0.1, 0.15) is 76.3 Å². The number of anilines is 2. The number of benzene rings is 2. The van der Waals surface area contributed by atoms with Gasteiger partial charge in [0.1, 0.15) is 24.4 Å². The highest BCUT2D eigenvalue weighted by atomic mass is 32.3. The Morgan fingerprint density at radius 3 is 2.38 bits per heavy atom. The van der Waals surface area contributed by atoms with Gasteiger partial charge in [0.05, 0.1) is 23.4 Å². The molecule has 2 aliphatic heterocycles. The molecule has 2 amide bonds. The fraction of sp³-hybridized carbons (Fsp3) is 0.629. The summed E-state index contributed by atoms with van der Waals surface area (Å²) in [5, 5.41) is 39.3. The number of hydrogen-bond donors (Lipinski definition) is 6. The smallest absolute Gasteiger partial charge is 0.392 e. The molecule has 8 atom stereocenters. The number of carbonyl (C=O) groups is 1. The molecule has 2 heterocycles. The highest BCUT2D eigenvalue weighted by molar-refractivity contribution is 7.91. The molecule has 2 aliphatic rings. The number of aliphatic hydroxyl groups is 3. The van der Waals surface area contributed by atoms with Crippen LogP contribution < -0.4 is 15.5 Å². The highest BCUT2D eigenvalue weighted by Gasteiger charge is 2.49. The number of ether oxygens (including phenoxy) is 2. The maximum absolute atomic E-state index is 14.0. The minimum absolute atomic E-state index is 0.151. The number of nitrogens with one attached hydrogen (secondary N) is 2. The summed E-state index contributed by atoms with van der Waals surface area (Å²) in [6.07, 6.45) is -4.62. The van der Waals surface area contributed by atoms with Crippen LogP contribution in [0.5, 0.6) is 0 Å². The normalized spacial score (nSPS) is 28.8. The molecule has 52 heavy (non-hydrogen) atoms. The minimum Gasteiger partial charge on any atom is -0.392 e. The Hall–Kier alpha value is -2.87. The molecule has 4 rings (SSSR count). The van der Waals surface area contributed by atoms with Crippen LogP contribution in [0.2, 0.25) is 0 Å². The number of hydrogen-bond acceptors (Lipinski definition) is 12. The molecular weight excluding hydrogens is 719 g/mol. The van der Waals surface area contributed by atoms with Crippen molar-refractivity contribution in [2.24, 2.45) is 5.41 Å². The van der Waals surface area contributed by atoms with Crippen LogP contribution in [0.3, 0.4) is 0 Å². The van der Waals surface area contributed by atoms with Crippen molar-refractivity contribution in [1.82, 2.24) is 5.32 Å². The van der Waals surface area contributed by atoms with Crippen molar-refractivity contribution in [3.05, 3.63) is 53.6 Å². The molecule has 1 saturated heterocycles. The van der Waals surface area contributed by atoms with Gasteiger partial charge in [-0.05, 0) is 60.7 Å². The van der Waals surface area contributed by atoms with E-state index in [-0.39, 0.29) is 22.9 Å². The van der Waals surface area contributed by atoms with Crippen molar-refractivity contribution in [3.8, 4) is 0 Å². The van der Waals surface area contributed by atoms with Gasteiger partial charge in [-0.25, -0.2) is 17.4 Å². The van der Waals surface area contributed by atoms with Crippen molar-refractivity contribution in [1.29, 1.82) is 0 Å². The standard InChI is InChI=1S/C35H53N3O12S2/c1-6-9-16-35(8-3)21-51(43,44)27-15-14-24(38(4)5)19-25(27)28(32(35)41)22-12-11-13-23(18-22)36-34(42)37-33-30(40)31(48-17-10-7-2)29(39)26(50-33)20-49-52(45,46)47/h11-15,18-19,26,28-33,39-41H,6-10,16-17,20-21H2,1-5H3,(H2,36,37,42)(H,45,46,47)/t26-,28+,29-,30-,31+,32+,33-,35-/m1/s1. The molecule has 292 valence electrons. The van der Waals surface area contributed by atoms with Crippen molar-refractivity contribution in [3.63, 3.8) is 0 Å². The molecule has 2 aromatic rings. The molecule has 15 nitrogen and oxygen atoms in total. The van der Waals surface area contributed by atoms with Crippen LogP contribution in [-0.2, 0) is 33.9 Å². The van der Waals surface area contributed by atoms with Gasteiger partial charge in [-0.3, -0.25) is 4.55 Å². The number of fused-ring (bicyclic) bond motifs is 1. The first kappa shape index (κ1) is 41.9. The van der Waals surface area contributed by atoms with Gasteiger partial charge in [-0.1, -0.05) is 52.2 Å². The largest absolute Gasteiger partial charge is 0.397 e. The number of rotatable bonds is 15. The molecule has 0 bridgehead atoms. The van der Waals surface area contributed by atoms with Gasteiger partial charge in [0.15, 0.2) is 16.1 Å². The first-order chi connectivity index (χ1) is 24.5. The third kappa shape index (κ3) is 9.81. The van der Waals surface area contributed by atoms with E-state index in [1.807, 2.05) is 39.8 Å². The first-order valence-corrected chi connectivity index (χ1v) is 20.6. The first-order valence-electron chi connectivity index (χ1n) is 17.6. The lowest BCUT2D eigenvalue weighted by atomic mass is 9.69. The van der Waals surface area contributed by atoms with Crippen LogP contribution in [0, 0.1) is 5.41 Å². The molecular formula is C35H53N3O12S2. The molecule has 17 heteroatoms. The Morgan fingerprint density at radius 2 is 1.75 bits per heavy atom. The number of carbonyl (C=O) groups excluding carboxylic acids is 1. The second-order valence-corrected chi connectivity index (χ2v) is 16.9. The summed E-state index contributed by atoms with van der Waals surface area (Å²) in [5.41, 5.74) is 1.12. The zero-order chi connectivity index (χ0) is 38.4. The molecule has 1 fully saturated rings. The van der Waals surface area contributed by atoms with Crippen LogP contribution in [0.15, 0.2) is 47.4 Å². The summed E-state index contributed by atoms with van der Waals surface area (Å²) in [6.45, 7) is 5.16. The molecule has 0 aromatic heterocycles. The topological polar surface area (TPSA) is 221 Å². The van der Waals surface area contributed by atoms with Crippen molar-refractivity contribution >= 4 is 37.6 Å². The van der Waals surface area contributed by atoms with Gasteiger partial charge in [0.2, 0.25) is 0 Å². The molecule has 0 spiro atoms. The fourth-order valence-corrected chi connectivity index (χ4v) is 9.57. The second-order valence-electron chi connectivity index (χ2n) is 13.8. The van der Waals surface area contributed by atoms with Crippen LogP contribution in [-0.4, -0.2) is 113 Å². The molecule has 0 radical (unpaired) electrons. The Morgan fingerprint density at radius 1 is 1.04 bits per heavy atom. The zero-order valence-corrected chi connectivity index (χ0v) is 31.9. The summed E-state index contributed by atoms with van der Waals surface area (Å²) in [5.74, 6) is -0.982. The van der Waals surface area contributed by atoms with Crippen molar-refractivity contribution in [2.45, 2.75) is 107 Å². The zero-order valence-electron chi connectivity index (χ0n) is 30.3. The van der Waals surface area contributed by atoms with E-state index in [1.54, 1.807) is 42.5 Å². The number of urea groups is 1. The molecule has 2 aromatic carbocycles. The average molecular weight is 772 g/mol. The Labute approximate surface area is 306 Å². The van der Waals surface area contributed by atoms with E-state index in [4.69, 9.17) is 14.0 Å². The van der Waals surface area contributed by atoms with Crippen LogP contribution in [0.4, 0.5) is 16.2 Å². The van der Waals surface area contributed by atoms with Crippen LogP contribution in [0.25, 0.3) is 0 Å². The third-order valence-corrected chi connectivity index (χ3v) is 12.4. The monoisotopic (exact) mass is 771 g/mol. The van der Waals surface area contributed by atoms with Gasteiger partial charge < -0.3 is 40.3 Å². The van der Waals surface area contributed by atoms with Gasteiger partial charge in [0.25, 0.3) is 0 Å². The van der Waals surface area contributed by atoms with E-state index in [9.17, 15) is 36.9 Å². The summed E-state index contributed by atoms with van der Waals surface area (Å²) >= 11 is 0. The Balaban J connectivity index is 1.66. The summed E-state index contributed by atoms with van der Waals surface area (Å²) < 4.78 is 75.2. The van der Waals surface area contributed by atoms with E-state index in [0.29, 0.717) is 30.4 Å². The molecule has 6 N–H and O–H groups in total. The molecule has 0 saturated carbocycles. The number of unbranched alkanes of at least 4 members (excludes halogenated alkanes) is 2. The van der Waals surface area contributed by atoms with Crippen molar-refractivity contribution in [2.75, 3.05) is 43.3 Å². The lowest BCUT2D eigenvalue weighted by molar-refractivity contribution is -0.243. The number of nitrogens with zero attached hydrogens (tertiary/aromatic N) is 1. The SMILES string of the molecule is CCCCO[C@@H]1[C@@H](O)[C@H](NC(=O)Nc2cccc([C@H]3c4cc(N(C)C)ccc4S(=O)(=O)C[C@@](CC)(CCCC)[C@H]3O)c2)O[C@H](COS(=O)(=O)O)[C@H]1O. The summed E-state index contributed by atoms with van der Waals surface area (Å²) in [4.78, 5) is 15.4. The highest BCUT2D eigenvalue weighted by Crippen LogP contribution is 2.49. The number of amides is 2. The fourth-order valence-electron chi connectivity index (χ4n) is 7.02. The Bertz CT molecular complexity index is 1740. The van der Waals surface area contributed by atoms with Crippen molar-refractivity contribution < 1.29 is 55.2 Å². The third-order valence-electron chi connectivity index (χ3n) is 9.98. The quantitative estimate of drug-likeness (QED) is 0.113. The summed E-state index contributed by atoms with van der Waals surface area (Å²) in [6, 6.07) is 11.0. The molecule has 0 unspecified atom stereocenters. The van der Waals surface area contributed by atoms with Gasteiger partial charge >= 0.3 is 16.4 Å². The Kier molecular flexibility index (Phi) is 14.1. The maximum atomic E-state index is 14.0. The van der Waals surface area contributed by atoms with Crippen LogP contribution >= 0.6 is 0 Å². The molecule has 0 aliphatic carbocycles.